The van der Waals surface area contributed by atoms with Crippen LogP contribution in [0.4, 0.5) is 10.6 Å². The highest BCUT2D eigenvalue weighted by atomic mass is 16.6. The number of ether oxygens (including phenoxy) is 2. The molecule has 0 aliphatic carbocycles. The molecule has 2 aliphatic heterocycles. The molecular weight excluding hydrogens is 322 g/mol. The van der Waals surface area contributed by atoms with Gasteiger partial charge in [0.2, 0.25) is 0 Å². The number of carbonyl (C=O) groups is 2. The van der Waals surface area contributed by atoms with Gasteiger partial charge in [-0.05, 0) is 45.7 Å². The Hall–Kier alpha value is -2.31. The molecule has 1 unspecified atom stereocenters. The Labute approximate surface area is 147 Å². The molecule has 3 rings (SSSR count). The molecule has 1 amide bonds. The Balaban J connectivity index is 1.80. The third-order valence-electron chi connectivity index (χ3n) is 4.49. The summed E-state index contributed by atoms with van der Waals surface area (Å²) in [6, 6.07) is 3.86. The van der Waals surface area contributed by atoms with Crippen LogP contribution in [0.25, 0.3) is 0 Å². The second-order valence-corrected chi connectivity index (χ2v) is 7.67. The zero-order chi connectivity index (χ0) is 18.4. The molecule has 2 aliphatic rings. The van der Waals surface area contributed by atoms with Gasteiger partial charge in [-0.3, -0.25) is 0 Å². The zero-order valence-corrected chi connectivity index (χ0v) is 15.4. The van der Waals surface area contributed by atoms with Gasteiger partial charge in [0.05, 0.1) is 13.2 Å². The van der Waals surface area contributed by atoms with Crippen molar-refractivity contribution in [1.29, 1.82) is 0 Å². The number of pyridine rings is 1. The number of fused-ring (bicyclic) bond motifs is 3. The maximum atomic E-state index is 12.4. The molecule has 3 heterocycles. The van der Waals surface area contributed by atoms with Gasteiger partial charge in [-0.25, -0.2) is 14.6 Å². The van der Waals surface area contributed by atoms with E-state index in [1.807, 2.05) is 26.8 Å². The summed E-state index contributed by atoms with van der Waals surface area (Å²) < 4.78 is 10.3. The topological polar surface area (TPSA) is 72.0 Å². The second-order valence-electron chi connectivity index (χ2n) is 7.67. The van der Waals surface area contributed by atoms with Gasteiger partial charge in [-0.1, -0.05) is 6.07 Å². The van der Waals surface area contributed by atoms with E-state index in [1.165, 1.54) is 7.11 Å². The highest BCUT2D eigenvalue weighted by molar-refractivity contribution is 5.88. The monoisotopic (exact) mass is 347 g/mol. The van der Waals surface area contributed by atoms with Gasteiger partial charge in [0.15, 0.2) is 5.69 Å². The van der Waals surface area contributed by atoms with Crippen molar-refractivity contribution in [3.05, 3.63) is 23.4 Å². The molecular formula is C18H25N3O4. The number of amides is 1. The van der Waals surface area contributed by atoms with Gasteiger partial charge < -0.3 is 19.3 Å². The van der Waals surface area contributed by atoms with E-state index in [9.17, 15) is 9.59 Å². The number of hydrogen-bond donors (Lipinski definition) is 0. The number of piperazine rings is 1. The highest BCUT2D eigenvalue weighted by Crippen LogP contribution is 2.35. The minimum atomic E-state index is -0.507. The molecule has 136 valence electrons. The number of esters is 1. The average molecular weight is 347 g/mol. The summed E-state index contributed by atoms with van der Waals surface area (Å²) in [6.45, 7) is 8.82. The molecule has 1 aromatic heterocycles. The maximum absolute atomic E-state index is 12.4. The Morgan fingerprint density at radius 2 is 1.96 bits per heavy atom. The van der Waals surface area contributed by atoms with E-state index in [1.54, 1.807) is 11.0 Å². The van der Waals surface area contributed by atoms with Crippen molar-refractivity contribution < 1.29 is 19.1 Å². The van der Waals surface area contributed by atoms with Crippen LogP contribution >= 0.6 is 0 Å². The van der Waals surface area contributed by atoms with E-state index in [4.69, 9.17) is 9.47 Å². The maximum Gasteiger partial charge on any atom is 0.410 e. The fourth-order valence-electron chi connectivity index (χ4n) is 3.54. The van der Waals surface area contributed by atoms with Crippen molar-refractivity contribution in [1.82, 2.24) is 9.88 Å². The molecule has 7 nitrogen and oxygen atoms in total. The van der Waals surface area contributed by atoms with E-state index < -0.39 is 11.6 Å². The van der Waals surface area contributed by atoms with Crippen LogP contribution in [0.3, 0.4) is 0 Å². The van der Waals surface area contributed by atoms with E-state index in [0.717, 1.165) is 17.8 Å². The van der Waals surface area contributed by atoms with Crippen LogP contribution in [0.1, 0.15) is 43.7 Å². The number of aromatic nitrogens is 1. The summed E-state index contributed by atoms with van der Waals surface area (Å²) in [4.78, 5) is 32.7. The first-order valence-electron chi connectivity index (χ1n) is 8.54. The number of methoxy groups -OCH3 is 1. The molecule has 0 aromatic carbocycles. The summed E-state index contributed by atoms with van der Waals surface area (Å²) in [7, 11) is 1.35. The Morgan fingerprint density at radius 3 is 2.60 bits per heavy atom. The van der Waals surface area contributed by atoms with Crippen LogP contribution in [0.15, 0.2) is 12.1 Å². The minimum Gasteiger partial charge on any atom is -0.464 e. The van der Waals surface area contributed by atoms with Crippen LogP contribution in [-0.4, -0.2) is 59.8 Å². The molecule has 0 radical (unpaired) electrons. The molecule has 1 fully saturated rings. The fourth-order valence-corrected chi connectivity index (χ4v) is 3.54. The first-order chi connectivity index (χ1) is 11.7. The van der Waals surface area contributed by atoms with Gasteiger partial charge >= 0.3 is 12.1 Å². The standard InChI is InChI=1S/C18H25N3O4/c1-11-9-20(17(23)25-18(2,3)4)10-13-8-12-6-7-14(16(22)24-5)19-15(12)21(11)13/h6-7,11,13H,8-10H2,1-5H3/t11-,13?/m1/s1. The number of hydrogen-bond acceptors (Lipinski definition) is 6. The lowest BCUT2D eigenvalue weighted by Gasteiger charge is -2.43. The molecule has 7 heteroatoms. The van der Waals surface area contributed by atoms with E-state index >= 15 is 0 Å². The lowest BCUT2D eigenvalue weighted by atomic mass is 10.1. The van der Waals surface area contributed by atoms with Gasteiger partial charge in [-0.15, -0.1) is 0 Å². The number of anilines is 1. The molecule has 2 atom stereocenters. The fraction of sp³-hybridized carbons (Fsp3) is 0.611. The van der Waals surface area contributed by atoms with Crippen LogP contribution in [0.5, 0.6) is 0 Å². The Kier molecular flexibility index (Phi) is 4.34. The van der Waals surface area contributed by atoms with Crippen molar-refractivity contribution >= 4 is 17.9 Å². The van der Waals surface area contributed by atoms with Gasteiger partial charge in [0.1, 0.15) is 11.4 Å². The second kappa shape index (κ2) is 6.20. The van der Waals surface area contributed by atoms with Gasteiger partial charge in [0, 0.05) is 19.1 Å². The van der Waals surface area contributed by atoms with E-state index in [-0.39, 0.29) is 18.2 Å². The molecule has 1 saturated heterocycles. The first kappa shape index (κ1) is 17.5. The lowest BCUT2D eigenvalue weighted by molar-refractivity contribution is 0.0191. The molecule has 1 aromatic rings. The zero-order valence-electron chi connectivity index (χ0n) is 15.4. The SMILES string of the molecule is COC(=O)c1ccc2c(n1)N1C(C2)CN(C(=O)OC(C)(C)C)C[C@H]1C. The van der Waals surface area contributed by atoms with E-state index in [2.05, 4.69) is 16.8 Å². The Morgan fingerprint density at radius 1 is 1.24 bits per heavy atom. The highest BCUT2D eigenvalue weighted by Gasteiger charge is 2.41. The largest absolute Gasteiger partial charge is 0.464 e. The van der Waals surface area contributed by atoms with Crippen molar-refractivity contribution in [2.75, 3.05) is 25.1 Å². The summed E-state index contributed by atoms with van der Waals surface area (Å²) in [5.41, 5.74) is 0.895. The molecule has 0 bridgehead atoms. The number of carbonyl (C=O) groups excluding carboxylic acids is 2. The predicted octanol–water partition coefficient (Wildman–Crippen LogP) is 2.24. The summed E-state index contributed by atoms with van der Waals surface area (Å²) >= 11 is 0. The summed E-state index contributed by atoms with van der Waals surface area (Å²) in [5.74, 6) is 0.385. The molecule has 0 saturated carbocycles. The number of nitrogens with zero attached hydrogens (tertiary/aromatic N) is 3. The van der Waals surface area contributed by atoms with Crippen molar-refractivity contribution in [3.63, 3.8) is 0 Å². The smallest absolute Gasteiger partial charge is 0.410 e. The minimum absolute atomic E-state index is 0.0907. The average Bonchev–Trinajstić information content (AvgIpc) is 2.90. The van der Waals surface area contributed by atoms with Crippen LogP contribution < -0.4 is 4.90 Å². The number of rotatable bonds is 1. The first-order valence-corrected chi connectivity index (χ1v) is 8.54. The third kappa shape index (κ3) is 3.41. The van der Waals surface area contributed by atoms with Crippen molar-refractivity contribution in [2.45, 2.75) is 51.8 Å². The molecule has 0 N–H and O–H groups in total. The summed E-state index contributed by atoms with van der Waals surface area (Å²) in [6.07, 6.45) is 0.520. The third-order valence-corrected chi connectivity index (χ3v) is 4.49. The predicted molar refractivity (Wildman–Crippen MR) is 92.8 cm³/mol. The van der Waals surface area contributed by atoms with Crippen LogP contribution in [-0.2, 0) is 15.9 Å². The Bertz CT molecular complexity index is 698. The van der Waals surface area contributed by atoms with E-state index in [0.29, 0.717) is 18.8 Å². The normalized spacial score (nSPS) is 22.3. The lowest BCUT2D eigenvalue weighted by Crippen LogP contribution is -2.58. The van der Waals surface area contributed by atoms with Crippen LogP contribution in [0.2, 0.25) is 0 Å². The summed E-state index contributed by atoms with van der Waals surface area (Å²) in [5, 5.41) is 0. The van der Waals surface area contributed by atoms with Gasteiger partial charge in [-0.2, -0.15) is 0 Å². The quantitative estimate of drug-likeness (QED) is 0.726. The van der Waals surface area contributed by atoms with Crippen LogP contribution in [0, 0.1) is 0 Å². The van der Waals surface area contributed by atoms with Crippen molar-refractivity contribution in [3.8, 4) is 0 Å². The van der Waals surface area contributed by atoms with Crippen molar-refractivity contribution in [2.24, 2.45) is 0 Å². The molecule has 25 heavy (non-hydrogen) atoms. The molecule has 0 spiro atoms. The van der Waals surface area contributed by atoms with Gasteiger partial charge in [0.25, 0.3) is 0 Å².